The van der Waals surface area contributed by atoms with Gasteiger partial charge in [0.05, 0.1) is 5.69 Å². The summed E-state index contributed by atoms with van der Waals surface area (Å²) >= 11 is 0. The highest BCUT2D eigenvalue weighted by Gasteiger charge is 2.21. The fourth-order valence-corrected chi connectivity index (χ4v) is 3.55. The van der Waals surface area contributed by atoms with E-state index in [1.807, 2.05) is 13.1 Å². The molecule has 5 nitrogen and oxygen atoms in total. The highest BCUT2D eigenvalue weighted by atomic mass is 16.2. The fourth-order valence-electron chi connectivity index (χ4n) is 3.55. The van der Waals surface area contributed by atoms with E-state index in [2.05, 4.69) is 43.0 Å². The van der Waals surface area contributed by atoms with Crippen LogP contribution in [0, 0.1) is 11.8 Å². The Balaban J connectivity index is 1.75. The Kier molecular flexibility index (Phi) is 6.22. The molecule has 1 saturated heterocycles. The Bertz CT molecular complexity index is 513. The standard InChI is InChI=1S/C18H32N4O/c1-13(2)16-10-17(21(5)20-16)18(23)19-7-6-8-22-11-14(3)9-15(4)12-22/h10,13-15H,6-9,11-12H2,1-5H3,(H,19,23)/t14-,15+. The minimum atomic E-state index is -0.0210. The molecule has 0 radical (unpaired) electrons. The van der Waals surface area contributed by atoms with Gasteiger partial charge in [-0.15, -0.1) is 0 Å². The summed E-state index contributed by atoms with van der Waals surface area (Å²) in [4.78, 5) is 14.8. The summed E-state index contributed by atoms with van der Waals surface area (Å²) in [5.74, 6) is 1.90. The van der Waals surface area contributed by atoms with E-state index in [9.17, 15) is 4.79 Å². The van der Waals surface area contributed by atoms with Gasteiger partial charge in [-0.3, -0.25) is 9.48 Å². The molecule has 0 saturated carbocycles. The molecule has 0 spiro atoms. The molecule has 0 aromatic carbocycles. The minimum Gasteiger partial charge on any atom is -0.351 e. The van der Waals surface area contributed by atoms with Crippen molar-refractivity contribution in [1.82, 2.24) is 20.0 Å². The van der Waals surface area contributed by atoms with Crippen LogP contribution in [0.3, 0.4) is 0 Å². The topological polar surface area (TPSA) is 50.2 Å². The van der Waals surface area contributed by atoms with Crippen LogP contribution in [0.2, 0.25) is 0 Å². The van der Waals surface area contributed by atoms with Crippen LogP contribution in [0.25, 0.3) is 0 Å². The first-order valence-corrected chi connectivity index (χ1v) is 8.91. The van der Waals surface area contributed by atoms with Crippen LogP contribution in [0.5, 0.6) is 0 Å². The van der Waals surface area contributed by atoms with E-state index >= 15 is 0 Å². The molecule has 1 N–H and O–H groups in total. The summed E-state index contributed by atoms with van der Waals surface area (Å²) in [5, 5.41) is 7.42. The molecular formula is C18H32N4O. The minimum absolute atomic E-state index is 0.0210. The lowest BCUT2D eigenvalue weighted by atomic mass is 9.92. The maximum atomic E-state index is 12.3. The lowest BCUT2D eigenvalue weighted by molar-refractivity contribution is 0.0938. The van der Waals surface area contributed by atoms with Crippen molar-refractivity contribution in [2.75, 3.05) is 26.2 Å². The average Bonchev–Trinajstić information content (AvgIpc) is 2.85. The summed E-state index contributed by atoms with van der Waals surface area (Å²) in [7, 11) is 1.83. The van der Waals surface area contributed by atoms with Gasteiger partial charge in [0.2, 0.25) is 0 Å². The first-order chi connectivity index (χ1) is 10.9. The van der Waals surface area contributed by atoms with Crippen LogP contribution in [0.4, 0.5) is 0 Å². The van der Waals surface area contributed by atoms with Crippen molar-refractivity contribution < 1.29 is 4.79 Å². The number of nitrogens with one attached hydrogen (secondary N) is 1. The Labute approximate surface area is 140 Å². The Morgan fingerprint density at radius 1 is 1.35 bits per heavy atom. The lowest BCUT2D eigenvalue weighted by Gasteiger charge is -2.34. The van der Waals surface area contributed by atoms with Gasteiger partial charge in [0.15, 0.2) is 0 Å². The van der Waals surface area contributed by atoms with Crippen molar-refractivity contribution >= 4 is 5.91 Å². The molecule has 1 aromatic heterocycles. The van der Waals surface area contributed by atoms with Gasteiger partial charge in [-0.1, -0.05) is 27.7 Å². The maximum Gasteiger partial charge on any atom is 0.269 e. The van der Waals surface area contributed by atoms with E-state index in [0.29, 0.717) is 11.6 Å². The number of hydrogen-bond donors (Lipinski definition) is 1. The third-order valence-corrected chi connectivity index (χ3v) is 4.60. The third kappa shape index (κ3) is 5.06. The van der Waals surface area contributed by atoms with Crippen molar-refractivity contribution in [3.63, 3.8) is 0 Å². The van der Waals surface area contributed by atoms with Crippen molar-refractivity contribution in [3.8, 4) is 0 Å². The SMILES string of the molecule is CC(C)c1cc(C(=O)NCCCN2C[C@H](C)C[C@H](C)C2)n(C)n1. The molecule has 2 rings (SSSR count). The molecule has 0 bridgehead atoms. The highest BCUT2D eigenvalue weighted by molar-refractivity contribution is 5.92. The molecule has 2 atom stereocenters. The van der Waals surface area contributed by atoms with E-state index < -0.39 is 0 Å². The maximum absolute atomic E-state index is 12.3. The Morgan fingerprint density at radius 2 is 2.00 bits per heavy atom. The van der Waals surface area contributed by atoms with Crippen LogP contribution in [-0.4, -0.2) is 46.8 Å². The van der Waals surface area contributed by atoms with Crippen LogP contribution >= 0.6 is 0 Å². The summed E-state index contributed by atoms with van der Waals surface area (Å²) in [6, 6.07) is 1.90. The number of amides is 1. The van der Waals surface area contributed by atoms with E-state index in [1.54, 1.807) is 4.68 Å². The predicted molar refractivity (Wildman–Crippen MR) is 93.6 cm³/mol. The quantitative estimate of drug-likeness (QED) is 0.820. The van der Waals surface area contributed by atoms with Crippen molar-refractivity contribution in [2.45, 2.75) is 46.5 Å². The van der Waals surface area contributed by atoms with Crippen molar-refractivity contribution in [1.29, 1.82) is 0 Å². The zero-order chi connectivity index (χ0) is 17.0. The monoisotopic (exact) mass is 320 g/mol. The number of hydrogen-bond acceptors (Lipinski definition) is 3. The van der Waals surface area contributed by atoms with Crippen LogP contribution in [0.15, 0.2) is 6.07 Å². The molecule has 1 amide bonds. The van der Waals surface area contributed by atoms with Crippen LogP contribution in [0.1, 0.15) is 62.6 Å². The summed E-state index contributed by atoms with van der Waals surface area (Å²) in [5.41, 5.74) is 1.61. The van der Waals surface area contributed by atoms with Gasteiger partial charge in [-0.25, -0.2) is 0 Å². The smallest absolute Gasteiger partial charge is 0.269 e. The van der Waals surface area contributed by atoms with Gasteiger partial charge >= 0.3 is 0 Å². The van der Waals surface area contributed by atoms with Crippen molar-refractivity contribution in [2.24, 2.45) is 18.9 Å². The van der Waals surface area contributed by atoms with E-state index in [1.165, 1.54) is 19.5 Å². The predicted octanol–water partition coefficient (Wildman–Crippen LogP) is 2.64. The van der Waals surface area contributed by atoms with Gasteiger partial charge in [0.25, 0.3) is 5.91 Å². The second-order valence-electron chi connectivity index (χ2n) is 7.55. The largest absolute Gasteiger partial charge is 0.351 e. The molecular weight excluding hydrogens is 288 g/mol. The molecule has 1 fully saturated rings. The van der Waals surface area contributed by atoms with E-state index in [4.69, 9.17) is 0 Å². The molecule has 130 valence electrons. The first kappa shape index (κ1) is 18.0. The van der Waals surface area contributed by atoms with Gasteiger partial charge in [-0.2, -0.15) is 5.10 Å². The third-order valence-electron chi connectivity index (χ3n) is 4.60. The second kappa shape index (κ2) is 7.95. The zero-order valence-corrected chi connectivity index (χ0v) is 15.3. The molecule has 1 aromatic rings. The number of carbonyl (C=O) groups is 1. The number of likely N-dealkylation sites (tertiary alicyclic amines) is 1. The van der Waals surface area contributed by atoms with Gasteiger partial charge in [0, 0.05) is 26.7 Å². The number of rotatable bonds is 6. The number of nitrogens with zero attached hydrogens (tertiary/aromatic N) is 3. The van der Waals surface area contributed by atoms with Gasteiger partial charge in [0.1, 0.15) is 5.69 Å². The highest BCUT2D eigenvalue weighted by Crippen LogP contribution is 2.20. The molecule has 23 heavy (non-hydrogen) atoms. The average molecular weight is 320 g/mol. The fraction of sp³-hybridized carbons (Fsp3) is 0.778. The molecule has 1 aliphatic rings. The summed E-state index contributed by atoms with van der Waals surface area (Å²) in [6.07, 6.45) is 2.34. The molecule has 2 heterocycles. The zero-order valence-electron chi connectivity index (χ0n) is 15.3. The van der Waals surface area contributed by atoms with Crippen molar-refractivity contribution in [3.05, 3.63) is 17.5 Å². The molecule has 5 heteroatoms. The van der Waals surface area contributed by atoms with Gasteiger partial charge in [-0.05, 0) is 43.2 Å². The molecule has 1 aliphatic heterocycles. The Hall–Kier alpha value is -1.36. The molecule has 0 unspecified atom stereocenters. The summed E-state index contributed by atoms with van der Waals surface area (Å²) in [6.45, 7) is 13.0. The number of aryl methyl sites for hydroxylation is 1. The molecule has 0 aliphatic carbocycles. The number of aromatic nitrogens is 2. The second-order valence-corrected chi connectivity index (χ2v) is 7.55. The number of piperidine rings is 1. The van der Waals surface area contributed by atoms with Gasteiger partial charge < -0.3 is 10.2 Å². The van der Waals surface area contributed by atoms with E-state index in [-0.39, 0.29) is 5.91 Å². The van der Waals surface area contributed by atoms with E-state index in [0.717, 1.165) is 37.0 Å². The number of carbonyl (C=O) groups excluding carboxylic acids is 1. The van der Waals surface area contributed by atoms with Crippen LogP contribution in [-0.2, 0) is 7.05 Å². The summed E-state index contributed by atoms with van der Waals surface area (Å²) < 4.78 is 1.68. The van der Waals surface area contributed by atoms with Crippen LogP contribution < -0.4 is 5.32 Å². The first-order valence-electron chi connectivity index (χ1n) is 8.91. The lowest BCUT2D eigenvalue weighted by Crippen LogP contribution is -2.40. The normalized spacial score (nSPS) is 22.5. The Morgan fingerprint density at radius 3 is 2.57 bits per heavy atom.